The third-order valence-electron chi connectivity index (χ3n) is 13.1. The lowest BCUT2D eigenvalue weighted by atomic mass is 9.92. The summed E-state index contributed by atoms with van der Waals surface area (Å²) >= 11 is 0. The molecule has 0 bridgehead atoms. The van der Waals surface area contributed by atoms with Crippen LogP contribution in [0, 0.1) is 0 Å². The highest BCUT2D eigenvalue weighted by Gasteiger charge is 2.25. The highest BCUT2D eigenvalue weighted by molar-refractivity contribution is 4.90. The summed E-state index contributed by atoms with van der Waals surface area (Å²) in [5.74, 6) is 2.25. The van der Waals surface area contributed by atoms with Crippen molar-refractivity contribution >= 4 is 0 Å². The van der Waals surface area contributed by atoms with Gasteiger partial charge >= 0.3 is 0 Å². The third-order valence-corrected chi connectivity index (χ3v) is 13.1. The molecule has 0 saturated heterocycles. The Labute approximate surface area is 348 Å². The van der Waals surface area contributed by atoms with Crippen molar-refractivity contribution in [3.05, 3.63) is 18.2 Å². The number of nitrogens with zero attached hydrogens (tertiary/aromatic N) is 1. The summed E-state index contributed by atoms with van der Waals surface area (Å²) in [5, 5.41) is 0. The molecule has 0 amide bonds. The molecule has 0 aliphatic carbocycles. The summed E-state index contributed by atoms with van der Waals surface area (Å²) in [5.41, 5.74) is 0. The van der Waals surface area contributed by atoms with E-state index in [9.17, 15) is 0 Å². The fourth-order valence-corrected chi connectivity index (χ4v) is 9.26. The molecule has 0 fully saturated rings. The second-order valence-electron chi connectivity index (χ2n) is 18.6. The summed E-state index contributed by atoms with van der Waals surface area (Å²) < 4.78 is 2.66. The van der Waals surface area contributed by atoms with Gasteiger partial charge in [0.05, 0.1) is 12.0 Å². The van der Waals surface area contributed by atoms with Gasteiger partial charge in [0, 0.05) is 0 Å². The standard InChI is InChI=1S/C53H104N2/c1-5-8-11-14-17-20-23-25-26-27-28-30-33-36-39-42-45-48-52(47-44-41-38-35-31-22-19-16-13-10-7-3)53-54-49-50-55(53)51(4)46-43-40-37-34-32-29-24-21-18-15-12-9-6-2/h49-52H,5-48H2,1-4H3/p+1. The smallest absolute Gasteiger partial charge is 0.247 e. The Morgan fingerprint density at radius 2 is 0.582 bits per heavy atom. The monoisotopic (exact) mass is 770 g/mol. The van der Waals surface area contributed by atoms with Gasteiger partial charge in [-0.3, -0.25) is 0 Å². The second kappa shape index (κ2) is 42.8. The van der Waals surface area contributed by atoms with Crippen molar-refractivity contribution in [3.8, 4) is 0 Å². The molecule has 1 aromatic rings. The van der Waals surface area contributed by atoms with Crippen LogP contribution in [0.25, 0.3) is 0 Å². The van der Waals surface area contributed by atoms with Gasteiger partial charge < -0.3 is 0 Å². The largest absolute Gasteiger partial charge is 0.257 e. The molecule has 1 heterocycles. The normalized spacial score (nSPS) is 12.9. The first kappa shape index (κ1) is 52.2. The summed E-state index contributed by atoms with van der Waals surface area (Å²) in [4.78, 5) is 3.80. The van der Waals surface area contributed by atoms with Crippen molar-refractivity contribution < 1.29 is 4.57 Å². The van der Waals surface area contributed by atoms with E-state index < -0.39 is 0 Å². The number of unbranched alkanes of at least 4 members (excludes halogenated alkanes) is 38. The predicted molar refractivity (Wildman–Crippen MR) is 249 cm³/mol. The molecular formula is C53H105N2+. The molecule has 1 aromatic heterocycles. The zero-order chi connectivity index (χ0) is 39.5. The van der Waals surface area contributed by atoms with Gasteiger partial charge in [0.25, 0.3) is 5.82 Å². The lowest BCUT2D eigenvalue weighted by Crippen LogP contribution is -2.41. The molecule has 2 unspecified atom stereocenters. The molecule has 1 N–H and O–H groups in total. The first-order chi connectivity index (χ1) is 27.2. The Kier molecular flexibility index (Phi) is 40.6. The maximum Gasteiger partial charge on any atom is 0.257 e. The fraction of sp³-hybridized carbons (Fsp3) is 0.943. The SMILES string of the molecule is CCCCCCCCCCCCCCCCCCCC(CCCCCCCCCCCCC)c1[nH]cc[n+]1C(C)CCCCCCCCCCCCCCC. The minimum absolute atomic E-state index is 0.615. The Morgan fingerprint density at radius 3 is 0.855 bits per heavy atom. The quantitative estimate of drug-likeness (QED) is 0.0503. The number of rotatable bonds is 46. The van der Waals surface area contributed by atoms with Crippen LogP contribution in [-0.2, 0) is 0 Å². The zero-order valence-corrected chi connectivity index (χ0v) is 38.9. The summed E-state index contributed by atoms with van der Waals surface area (Å²) in [6.45, 7) is 9.45. The van der Waals surface area contributed by atoms with Gasteiger partial charge in [0.1, 0.15) is 12.4 Å². The van der Waals surface area contributed by atoms with Crippen LogP contribution >= 0.6 is 0 Å². The Morgan fingerprint density at radius 1 is 0.345 bits per heavy atom. The molecule has 2 heteroatoms. The van der Waals surface area contributed by atoms with E-state index in [1.807, 2.05) is 0 Å². The van der Waals surface area contributed by atoms with Crippen LogP contribution in [0.3, 0.4) is 0 Å². The van der Waals surface area contributed by atoms with Gasteiger partial charge in [-0.05, 0) is 32.6 Å². The molecule has 0 radical (unpaired) electrons. The number of hydrogen-bond donors (Lipinski definition) is 1. The summed E-state index contributed by atoms with van der Waals surface area (Å²) in [6.07, 6.45) is 68.1. The van der Waals surface area contributed by atoms with Crippen LogP contribution in [-0.4, -0.2) is 4.98 Å². The number of imidazole rings is 1. The molecule has 55 heavy (non-hydrogen) atoms. The van der Waals surface area contributed by atoms with Crippen molar-refractivity contribution in [1.82, 2.24) is 4.98 Å². The van der Waals surface area contributed by atoms with Gasteiger partial charge in [0.2, 0.25) is 0 Å². The molecule has 0 aliphatic rings. The lowest BCUT2D eigenvalue weighted by molar-refractivity contribution is -0.727. The number of aromatic nitrogens is 2. The number of hydrogen-bond acceptors (Lipinski definition) is 0. The summed E-state index contributed by atoms with van der Waals surface area (Å²) in [7, 11) is 0. The van der Waals surface area contributed by atoms with Gasteiger partial charge in [-0.1, -0.05) is 278 Å². The molecule has 2 atom stereocenters. The first-order valence-electron chi connectivity index (χ1n) is 26.3. The van der Waals surface area contributed by atoms with E-state index in [0.29, 0.717) is 12.0 Å². The van der Waals surface area contributed by atoms with Crippen LogP contribution < -0.4 is 4.57 Å². The molecular weight excluding hydrogens is 665 g/mol. The van der Waals surface area contributed by atoms with Gasteiger partial charge in [0.15, 0.2) is 0 Å². The number of aromatic amines is 1. The minimum Gasteiger partial charge on any atom is -0.247 e. The maximum absolute atomic E-state index is 3.80. The average molecular weight is 770 g/mol. The Bertz CT molecular complexity index is 843. The average Bonchev–Trinajstić information content (AvgIpc) is 3.69. The van der Waals surface area contributed by atoms with Crippen LogP contribution in [0.1, 0.15) is 328 Å². The first-order valence-corrected chi connectivity index (χ1v) is 26.3. The van der Waals surface area contributed by atoms with E-state index >= 15 is 0 Å². The fourth-order valence-electron chi connectivity index (χ4n) is 9.26. The summed E-state index contributed by atoms with van der Waals surface area (Å²) in [6, 6.07) is 0.615. The van der Waals surface area contributed by atoms with Crippen molar-refractivity contribution in [2.75, 3.05) is 0 Å². The molecule has 0 aliphatic heterocycles. The van der Waals surface area contributed by atoms with Gasteiger partial charge in [-0.2, -0.15) is 0 Å². The maximum atomic E-state index is 3.80. The van der Waals surface area contributed by atoms with Crippen LogP contribution in [0.15, 0.2) is 12.4 Å². The van der Waals surface area contributed by atoms with Crippen LogP contribution in [0.2, 0.25) is 0 Å². The van der Waals surface area contributed by atoms with E-state index in [1.54, 1.807) is 5.82 Å². The molecule has 326 valence electrons. The molecule has 0 saturated carbocycles. The van der Waals surface area contributed by atoms with Gasteiger partial charge in [-0.15, -0.1) is 0 Å². The van der Waals surface area contributed by atoms with E-state index in [-0.39, 0.29) is 0 Å². The highest BCUT2D eigenvalue weighted by atomic mass is 15.1. The number of H-pyrrole nitrogens is 1. The van der Waals surface area contributed by atoms with Crippen molar-refractivity contribution in [3.63, 3.8) is 0 Å². The molecule has 0 spiro atoms. The van der Waals surface area contributed by atoms with Gasteiger partial charge in [-0.25, -0.2) is 9.55 Å². The third kappa shape index (κ3) is 33.8. The molecule has 0 aromatic carbocycles. The van der Waals surface area contributed by atoms with Crippen molar-refractivity contribution in [1.29, 1.82) is 0 Å². The van der Waals surface area contributed by atoms with E-state index in [0.717, 1.165) is 0 Å². The second-order valence-corrected chi connectivity index (χ2v) is 18.6. The van der Waals surface area contributed by atoms with Crippen molar-refractivity contribution in [2.45, 2.75) is 322 Å². The molecule has 2 nitrogen and oxygen atoms in total. The van der Waals surface area contributed by atoms with E-state index in [2.05, 4.69) is 49.6 Å². The Hall–Kier alpha value is -0.790. The predicted octanol–water partition coefficient (Wildman–Crippen LogP) is 19.2. The van der Waals surface area contributed by atoms with Crippen molar-refractivity contribution in [2.24, 2.45) is 0 Å². The number of nitrogens with one attached hydrogen (secondary N) is 1. The Balaban J connectivity index is 2.33. The van der Waals surface area contributed by atoms with E-state index in [4.69, 9.17) is 0 Å². The van der Waals surface area contributed by atoms with Crippen LogP contribution in [0.5, 0.6) is 0 Å². The zero-order valence-electron chi connectivity index (χ0n) is 38.9. The minimum atomic E-state index is 0.615. The molecule has 1 rings (SSSR count). The lowest BCUT2D eigenvalue weighted by Gasteiger charge is -2.17. The highest BCUT2D eigenvalue weighted by Crippen LogP contribution is 2.28. The topological polar surface area (TPSA) is 19.7 Å². The van der Waals surface area contributed by atoms with E-state index in [1.165, 1.54) is 283 Å². The van der Waals surface area contributed by atoms with Crippen LogP contribution in [0.4, 0.5) is 0 Å².